The van der Waals surface area contributed by atoms with Crippen molar-refractivity contribution in [3.8, 4) is 0 Å². The number of nitrogens with one attached hydrogen (secondary N) is 3. The number of pyridine rings is 1. The molecule has 0 radical (unpaired) electrons. The number of aromatic nitrogens is 23. The Morgan fingerprint density at radius 1 is 0.392 bits per heavy atom. The van der Waals surface area contributed by atoms with Crippen molar-refractivity contribution in [1.29, 1.82) is 0 Å². The summed E-state index contributed by atoms with van der Waals surface area (Å²) in [6.45, 7) is -13.9. The Bertz CT molecular complexity index is 6770. The number of rotatable bonds is 6. The van der Waals surface area contributed by atoms with E-state index in [-0.39, 0.29) is 96.8 Å². The van der Waals surface area contributed by atoms with Gasteiger partial charge < -0.3 is 132 Å². The van der Waals surface area contributed by atoms with E-state index in [0.717, 1.165) is 23.5 Å². The lowest BCUT2D eigenvalue weighted by Gasteiger charge is -2.33. The Morgan fingerprint density at radius 3 is 1.06 bits per heavy atom. The van der Waals surface area contributed by atoms with Crippen molar-refractivity contribution >= 4 is 216 Å². The van der Waals surface area contributed by atoms with Crippen molar-refractivity contribution in [1.82, 2.24) is 112 Å². The third-order valence-corrected chi connectivity index (χ3v) is 36.9. The number of phosphoric acid groups is 3. The Morgan fingerprint density at radius 2 is 0.699 bits per heavy atom. The lowest BCUT2D eigenvalue weighted by Crippen LogP contribution is -2.45. The molecular weight excluding hydrogens is 2140 g/mol. The predicted octanol–water partition coefficient (Wildman–Crippen LogP) is -1.64. The van der Waals surface area contributed by atoms with E-state index in [9.17, 15) is 67.7 Å². The summed E-state index contributed by atoms with van der Waals surface area (Å²) in [7, 11) is -11.5. The van der Waals surface area contributed by atoms with Gasteiger partial charge >= 0.3 is 43.6 Å². The average molecular weight is 2230 g/mol. The summed E-state index contributed by atoms with van der Waals surface area (Å²) >= 11 is 19.6. The van der Waals surface area contributed by atoms with Gasteiger partial charge in [-0.1, -0.05) is 14.4 Å². The second kappa shape index (κ2) is 38.9. The Hall–Kier alpha value is -7.86. The molecule has 6 unspecified atom stereocenters. The van der Waals surface area contributed by atoms with Crippen LogP contribution in [0.1, 0.15) is 49.2 Å². The Labute approximate surface area is 827 Å². The molecule has 0 saturated carbocycles. The molecule has 27 N–H and O–H groups in total. The molecule has 0 aromatic carbocycles. The number of ether oxygens (including phenoxy) is 6. The molecule has 75 heteroatoms. The third-order valence-electron chi connectivity index (χ3n) is 24.6. The van der Waals surface area contributed by atoms with Gasteiger partial charge in [-0.2, -0.15) is 15.0 Å². The van der Waals surface area contributed by atoms with Crippen LogP contribution in [-0.2, 0) is 132 Å². The van der Waals surface area contributed by atoms with Gasteiger partial charge in [0.2, 0.25) is 17.8 Å². The molecule has 0 amide bonds. The number of thioether (sulfide) groups is 3. The lowest BCUT2D eigenvalue weighted by atomic mass is 10.0. The summed E-state index contributed by atoms with van der Waals surface area (Å²) in [6, 6.07) is 1.59. The maximum Gasteiger partial charge on any atom is 0.472 e. The zero-order valence-corrected chi connectivity index (χ0v) is 83.1. The maximum atomic E-state index is 13.5. The van der Waals surface area contributed by atoms with Crippen molar-refractivity contribution in [2.45, 2.75) is 149 Å². The topological polar surface area (TPSA) is 896 Å². The van der Waals surface area contributed by atoms with Crippen molar-refractivity contribution in [2.24, 2.45) is 17.4 Å². The molecule has 12 saturated heterocycles. The maximum absolute atomic E-state index is 13.5. The van der Waals surface area contributed by atoms with E-state index >= 15 is 0 Å². The van der Waals surface area contributed by atoms with Crippen LogP contribution in [0.3, 0.4) is 0 Å². The quantitative estimate of drug-likeness (QED) is 0.0831. The van der Waals surface area contributed by atoms with Gasteiger partial charge in [-0.25, -0.2) is 68.5 Å². The fraction of sp³-hybridized carbons (Fsp3) is 0.544. The minimum absolute atomic E-state index is 0. The minimum Gasteiger partial charge on any atom is -0.397 e. The molecule has 0 spiro atoms. The normalized spacial score (nSPS) is 38.4. The molecule has 12 aromatic rings. The van der Waals surface area contributed by atoms with E-state index in [2.05, 4.69) is 96.2 Å². The molecule has 12 aromatic heterocycles. The standard InChI is InChI=1S/C22H26N10O10P2S2.C22H25N9O11P2S2.C21H24N10O11P2S2.2CH5N.CH4/c1-8-9-2-38-43(34,35)42-14-13-19(31-6-27-10-15(23)25-5-26-16(10)31)40-22(14,3-37-13)4-39-44(36,45)41-12(8)20(46-9)32-7-28-11-17(32)29-21(24)30-18(11)33;23-8-1-2-25-16-10(8)26-6-30(16)19-14-15-22(40-19,4-37-14)5-39-44(36,45)41-13-12(32)9(3-38-43(34,35)42-15)46-20(13)31-7-27-11-17(31)28-21(24)29-18(11)33;22-14-8-15(25-4-24-14)30(5-26-8)18-12-13-21(40-18,2-37-12)3-39-44(36,45)41-11-10(32)7(1-38-43(34,35)42-13)46-19(11)31-6-27-9-16(31)28-20(23)29-17(9)33;2*1-2;/h5-9,12-14,19-20H,2-4H2,1H3,(H,34,35)(H,36,45)(H2,23,25,26)(H3,24,29,30,33);1-2,6-7,9,12-15,19-20,32H,3-5H2,(H2,23,25)(H,34,35)(H,36,45)(H3,24,28,29,33);4-7,10-13,18-19,32H,1-3H2,(H,34,35)(H,36,45)(H2,22,24,25)(H3,23,28,29,33);2*2H2,1H3;1H4/t8-,9-,12-,13-,14+,19-,20-,22-,44?;9-,12-,13-,14-,15+,19-,20-,22-,44?;7-,10-,11-,12-,13+,18-,19-,21-,44?;;;/m111.../s1. The van der Waals surface area contributed by atoms with E-state index in [1.54, 1.807) is 22.1 Å². The van der Waals surface area contributed by atoms with E-state index in [1.807, 2.05) is 0 Å². The van der Waals surface area contributed by atoms with Crippen LogP contribution in [0.25, 0.3) is 67.0 Å². The average Bonchev–Trinajstić information content (AvgIpc) is 1.59. The number of fused-ring (bicyclic) bond motifs is 12. The van der Waals surface area contributed by atoms with Gasteiger partial charge in [0.05, 0.1) is 126 Å². The second-order valence-electron chi connectivity index (χ2n) is 33.1. The van der Waals surface area contributed by atoms with Gasteiger partial charge in [0, 0.05) is 11.4 Å². The monoisotopic (exact) mass is 2230 g/mol. The summed E-state index contributed by atoms with van der Waals surface area (Å²) in [5, 5.41) is 17.7. The summed E-state index contributed by atoms with van der Waals surface area (Å²) in [5.74, 6) is -0.634. The summed E-state index contributed by atoms with van der Waals surface area (Å²) in [4.78, 5) is 169. The SMILES string of the molecule is C.CN.CN.C[C@H]1[C@H]2OP(O)(=S)OC[C@@]34CO[C@@H]([C@H](n5cnc6c(N)ncnc65)O3)[C@@H]4OP(=O)(O)OC[C@H]1S[C@H]2n1cnc2c(=O)[nH]c(N)nc21.Nc1nc2c(ncn2[C@@H]2S[C@@H]3COP(=O)(O)O[C@H]4[C@H]5OC[C@]4(COP(O)(=S)O[C@@H]2[C@@H]3O)O[C@H]5n2cnc3c(N)ccnc32)c(=O)[nH]1.Nc1nc2c(ncn2[C@@H]2S[C@@H]3COP(=O)(O)O[C@H]4[C@H]5OC[C@]4(COP(O)(=S)O[C@@H]2[C@@H]3O)O[C@H]5n2cnc3c(N)ncnc32)c(=O)[nH]1. The summed E-state index contributed by atoms with van der Waals surface area (Å²) in [5.41, 5.74) is 40.4. The number of phosphoric ester groups is 3. The van der Waals surface area contributed by atoms with Gasteiger partial charge in [-0.05, 0) is 61.5 Å². The molecule has 24 heterocycles. The first-order valence-electron chi connectivity index (χ1n) is 41.9. The molecule has 12 aliphatic heterocycles. The van der Waals surface area contributed by atoms with Gasteiger partial charge in [-0.3, -0.25) is 92.9 Å². The molecule has 12 fully saturated rings. The van der Waals surface area contributed by atoms with Gasteiger partial charge in [0.25, 0.3) is 16.7 Å². The van der Waals surface area contributed by atoms with Crippen LogP contribution >= 0.6 is 78.9 Å². The highest BCUT2D eigenvalue weighted by molar-refractivity contribution is 8.08. The second-order valence-corrected chi connectivity index (χ2v) is 49.8. The number of hydrogen-bond acceptors (Lipinski definition) is 54. The van der Waals surface area contributed by atoms with E-state index in [4.69, 9.17) is 153 Å². The summed E-state index contributed by atoms with van der Waals surface area (Å²) < 4.78 is 155. The fourth-order valence-corrected chi connectivity index (χ4v) is 30.8. The zero-order chi connectivity index (χ0) is 101. The predicted molar refractivity (Wildman–Crippen MR) is 510 cm³/mol. The van der Waals surface area contributed by atoms with Crippen LogP contribution in [0.2, 0.25) is 0 Å². The fourth-order valence-electron chi connectivity index (χ4n) is 18.2. The number of aliphatic hydroxyl groups excluding tert-OH is 2. The number of nitrogen functional groups attached to an aromatic ring is 6. The minimum atomic E-state index is -4.87. The third kappa shape index (κ3) is 18.9. The van der Waals surface area contributed by atoms with Crippen molar-refractivity contribution < 1.29 is 136 Å². The number of nitrogens with zero attached hydrogens (tertiary/aromatic N) is 20. The number of hydrogen-bond donors (Lipinski definition) is 19. The smallest absolute Gasteiger partial charge is 0.397 e. The summed E-state index contributed by atoms with van der Waals surface area (Å²) in [6.07, 6.45) is -3.63. The number of nitrogens with two attached hydrogens (primary N) is 8. The Balaban J connectivity index is 0.000000133. The number of imidazole rings is 6. The largest absolute Gasteiger partial charge is 0.472 e. The molecule has 0 aliphatic carbocycles. The molecule has 12 bridgehead atoms. The number of anilines is 6. The first-order chi connectivity index (χ1) is 67.5. The molecule has 30 atom stereocenters. The highest BCUT2D eigenvalue weighted by Crippen LogP contribution is 2.66. The molecule has 12 aliphatic rings. The van der Waals surface area contributed by atoms with Crippen molar-refractivity contribution in [2.75, 3.05) is 108 Å². The van der Waals surface area contributed by atoms with Crippen LogP contribution < -0.4 is 62.5 Å². The van der Waals surface area contributed by atoms with Crippen LogP contribution in [0, 0.1) is 5.92 Å². The van der Waals surface area contributed by atoms with Crippen LogP contribution in [0.4, 0.5) is 35.2 Å². The van der Waals surface area contributed by atoms with Gasteiger partial charge in [0.1, 0.15) is 117 Å². The van der Waals surface area contributed by atoms with Gasteiger partial charge in [-0.15, -0.1) is 35.3 Å². The highest BCUT2D eigenvalue weighted by Gasteiger charge is 2.70. The molecule has 143 heavy (non-hydrogen) atoms. The molecule has 774 valence electrons. The van der Waals surface area contributed by atoms with E-state index in [1.165, 1.54) is 101 Å². The number of H-pyrrole nitrogens is 3. The number of aromatic amines is 3. The van der Waals surface area contributed by atoms with Crippen LogP contribution in [0.15, 0.2) is 77.3 Å². The van der Waals surface area contributed by atoms with E-state index in [0.29, 0.717) is 39.2 Å². The van der Waals surface area contributed by atoms with Crippen molar-refractivity contribution in [3.05, 3.63) is 93.9 Å². The number of aliphatic hydroxyl groups is 2. The molecule has 24 rings (SSSR count). The lowest BCUT2D eigenvalue weighted by molar-refractivity contribution is -0.183. The Kier molecular flexibility index (Phi) is 28.2. The first-order valence-corrected chi connectivity index (χ1v) is 57.0. The van der Waals surface area contributed by atoms with Crippen LogP contribution in [-0.4, -0.2) is 325 Å². The van der Waals surface area contributed by atoms with Crippen molar-refractivity contribution in [3.63, 3.8) is 0 Å². The van der Waals surface area contributed by atoms with Gasteiger partial charge in [0.15, 0.2) is 80.8 Å². The molecular formula is C68H89N31O32P6S6. The highest BCUT2D eigenvalue weighted by atomic mass is 32.5. The molecule has 63 nitrogen and oxygen atoms in total. The van der Waals surface area contributed by atoms with Crippen LogP contribution in [0.5, 0.6) is 0 Å². The first kappa shape index (κ1) is 104. The van der Waals surface area contributed by atoms with E-state index < -0.39 is 234 Å². The zero-order valence-electron chi connectivity index (χ0n) is 72.8.